The molecule has 0 heterocycles. The molecular weight excluding hydrogens is 306 g/mol. The van der Waals surface area contributed by atoms with Crippen LogP contribution in [0.2, 0.25) is 0 Å². The molecule has 1 radical (unpaired) electrons. The summed E-state index contributed by atoms with van der Waals surface area (Å²) in [4.78, 5) is 23.8. The summed E-state index contributed by atoms with van der Waals surface area (Å²) in [5, 5.41) is 14.2. The fourth-order valence-corrected chi connectivity index (χ4v) is 2.58. The molecule has 0 atom stereocenters. The second-order valence-corrected chi connectivity index (χ2v) is 5.13. The molecule has 0 saturated carbocycles. The van der Waals surface area contributed by atoms with Gasteiger partial charge >= 0.3 is 0 Å². The highest BCUT2D eigenvalue weighted by atomic mass is 16.5. The first kappa shape index (κ1) is 15.6. The van der Waals surface area contributed by atoms with E-state index in [0.29, 0.717) is 22.2 Å². The van der Waals surface area contributed by atoms with Crippen molar-refractivity contribution in [2.45, 2.75) is 0 Å². The van der Waals surface area contributed by atoms with E-state index in [0.717, 1.165) is 0 Å². The summed E-state index contributed by atoms with van der Waals surface area (Å²) in [6.45, 7) is 0. The van der Waals surface area contributed by atoms with E-state index in [2.05, 4.69) is 5.32 Å². The number of fused-ring (bicyclic) bond motifs is 1. The number of ether oxygens (including phenoxy) is 1. The topological polar surface area (TPSA) is 75.6 Å². The second-order valence-electron chi connectivity index (χ2n) is 5.13. The highest BCUT2D eigenvalue weighted by Gasteiger charge is 2.20. The zero-order valence-corrected chi connectivity index (χ0v) is 12.9. The molecule has 2 N–H and O–H groups in total. The van der Waals surface area contributed by atoms with Crippen LogP contribution in [0.1, 0.15) is 15.9 Å². The third kappa shape index (κ3) is 2.67. The van der Waals surface area contributed by atoms with Gasteiger partial charge in [0.2, 0.25) is 6.29 Å². The number of para-hydroxylation sites is 2. The fourth-order valence-electron chi connectivity index (χ4n) is 2.58. The average Bonchev–Trinajstić information content (AvgIpc) is 2.61. The molecular formula is C19H14NO4. The molecule has 0 spiro atoms. The molecule has 0 bridgehead atoms. The summed E-state index contributed by atoms with van der Waals surface area (Å²) in [7, 11) is 1.50. The van der Waals surface area contributed by atoms with Crippen molar-refractivity contribution in [1.82, 2.24) is 0 Å². The van der Waals surface area contributed by atoms with Crippen LogP contribution in [0.15, 0.2) is 54.6 Å². The number of benzene rings is 3. The van der Waals surface area contributed by atoms with Crippen LogP contribution in [0.3, 0.4) is 0 Å². The third-order valence-corrected chi connectivity index (χ3v) is 3.71. The number of methoxy groups -OCH3 is 1. The Morgan fingerprint density at radius 3 is 2.58 bits per heavy atom. The number of nitrogens with one attached hydrogen (secondary N) is 1. The van der Waals surface area contributed by atoms with Crippen molar-refractivity contribution >= 4 is 28.7 Å². The number of carbonyl (C=O) groups excluding carboxylic acids is 2. The Balaban J connectivity index is 2.12. The van der Waals surface area contributed by atoms with Crippen molar-refractivity contribution < 1.29 is 19.4 Å². The Morgan fingerprint density at radius 2 is 1.83 bits per heavy atom. The molecule has 1 amide bonds. The third-order valence-electron chi connectivity index (χ3n) is 3.71. The maximum Gasteiger partial charge on any atom is 0.260 e. The maximum absolute atomic E-state index is 12.7. The summed E-state index contributed by atoms with van der Waals surface area (Å²) in [6, 6.07) is 15.4. The lowest BCUT2D eigenvalue weighted by molar-refractivity contribution is 0.102. The Morgan fingerprint density at radius 1 is 1.12 bits per heavy atom. The number of hydrogen-bond acceptors (Lipinski definition) is 4. The van der Waals surface area contributed by atoms with Crippen LogP contribution < -0.4 is 10.1 Å². The minimum absolute atomic E-state index is 0.0253. The van der Waals surface area contributed by atoms with Gasteiger partial charge in [0.15, 0.2) is 0 Å². The Bertz CT molecular complexity index is 934. The van der Waals surface area contributed by atoms with Gasteiger partial charge in [0.1, 0.15) is 11.5 Å². The predicted octanol–water partition coefficient (Wildman–Crippen LogP) is 3.26. The van der Waals surface area contributed by atoms with Crippen molar-refractivity contribution in [1.29, 1.82) is 0 Å². The summed E-state index contributed by atoms with van der Waals surface area (Å²) >= 11 is 0. The largest absolute Gasteiger partial charge is 0.506 e. The summed E-state index contributed by atoms with van der Waals surface area (Å²) in [5.41, 5.74) is 0.435. The van der Waals surface area contributed by atoms with Gasteiger partial charge in [0.05, 0.1) is 23.9 Å². The van der Waals surface area contributed by atoms with Crippen LogP contribution in [-0.2, 0) is 4.79 Å². The van der Waals surface area contributed by atoms with E-state index < -0.39 is 11.7 Å². The van der Waals surface area contributed by atoms with E-state index in [1.807, 2.05) is 0 Å². The van der Waals surface area contributed by atoms with E-state index >= 15 is 0 Å². The lowest BCUT2D eigenvalue weighted by Crippen LogP contribution is -2.14. The van der Waals surface area contributed by atoms with Crippen molar-refractivity contribution in [2.24, 2.45) is 0 Å². The standard InChI is InChI=1S/C19H14NO4/c1-24-16-9-5-4-8-15(16)20-19(23)17-14-7-3-2-6-12(14)10-13(11-21)18(17)22/h2-10,22H,1H3,(H,20,23). The van der Waals surface area contributed by atoms with Crippen LogP contribution >= 0.6 is 0 Å². The van der Waals surface area contributed by atoms with Gasteiger partial charge in [-0.05, 0) is 29.0 Å². The summed E-state index contributed by atoms with van der Waals surface area (Å²) in [5.74, 6) is -0.436. The first-order valence-electron chi connectivity index (χ1n) is 7.23. The molecule has 0 saturated heterocycles. The molecule has 5 heteroatoms. The minimum atomic E-state index is -0.537. The number of hydrogen-bond donors (Lipinski definition) is 2. The molecule has 0 unspecified atom stereocenters. The quantitative estimate of drug-likeness (QED) is 0.773. The van der Waals surface area contributed by atoms with Crippen molar-refractivity contribution in [3.8, 4) is 11.5 Å². The molecule has 0 aromatic heterocycles. The van der Waals surface area contributed by atoms with Crippen molar-refractivity contribution in [3.05, 3.63) is 65.7 Å². The molecule has 0 fully saturated rings. The Kier molecular flexibility index (Phi) is 4.16. The number of phenolic OH excluding ortho intramolecular Hbond substituents is 1. The lowest BCUT2D eigenvalue weighted by atomic mass is 9.99. The Labute approximate surface area is 138 Å². The van der Waals surface area contributed by atoms with Crippen LogP contribution in [0, 0.1) is 0 Å². The van der Waals surface area contributed by atoms with Gasteiger partial charge in [-0.15, -0.1) is 0 Å². The summed E-state index contributed by atoms with van der Waals surface area (Å²) in [6.07, 6.45) is 1.66. The lowest BCUT2D eigenvalue weighted by Gasteiger charge is -2.13. The fraction of sp³-hybridized carbons (Fsp3) is 0.0526. The van der Waals surface area contributed by atoms with E-state index in [4.69, 9.17) is 4.74 Å². The van der Waals surface area contributed by atoms with Crippen LogP contribution in [0.4, 0.5) is 5.69 Å². The van der Waals surface area contributed by atoms with Crippen molar-refractivity contribution in [3.63, 3.8) is 0 Å². The first-order valence-corrected chi connectivity index (χ1v) is 7.23. The number of rotatable bonds is 4. The minimum Gasteiger partial charge on any atom is -0.506 e. The van der Waals surface area contributed by atoms with Crippen molar-refractivity contribution in [2.75, 3.05) is 12.4 Å². The van der Waals surface area contributed by atoms with Gasteiger partial charge < -0.3 is 15.2 Å². The summed E-state index contributed by atoms with van der Waals surface area (Å²) < 4.78 is 5.21. The molecule has 3 aromatic rings. The maximum atomic E-state index is 12.7. The first-order chi connectivity index (χ1) is 11.7. The van der Waals surface area contributed by atoms with Gasteiger partial charge in [0, 0.05) is 0 Å². The van der Waals surface area contributed by atoms with Gasteiger partial charge in [-0.25, -0.2) is 0 Å². The van der Waals surface area contributed by atoms with Gasteiger partial charge in [-0.3, -0.25) is 9.59 Å². The predicted molar refractivity (Wildman–Crippen MR) is 91.4 cm³/mol. The number of anilines is 1. The number of aromatic hydroxyl groups is 1. The van der Waals surface area contributed by atoms with Crippen LogP contribution in [0.25, 0.3) is 10.8 Å². The zero-order valence-electron chi connectivity index (χ0n) is 12.9. The highest BCUT2D eigenvalue weighted by molar-refractivity contribution is 6.17. The molecule has 0 aliphatic heterocycles. The average molecular weight is 320 g/mol. The molecule has 0 aliphatic rings. The van der Waals surface area contributed by atoms with Gasteiger partial charge in [-0.2, -0.15) is 0 Å². The van der Waals surface area contributed by atoms with Crippen LogP contribution in [0.5, 0.6) is 11.5 Å². The molecule has 119 valence electrons. The molecule has 5 nitrogen and oxygen atoms in total. The molecule has 0 aliphatic carbocycles. The molecule has 3 aromatic carbocycles. The SMILES string of the molecule is COc1ccccc1NC(=O)c1c(O)c([C]=O)cc2ccccc12. The van der Waals surface area contributed by atoms with Crippen LogP contribution in [-0.4, -0.2) is 24.4 Å². The number of amides is 1. The number of phenols is 1. The highest BCUT2D eigenvalue weighted by Crippen LogP contribution is 2.32. The van der Waals surface area contributed by atoms with E-state index in [1.54, 1.807) is 54.8 Å². The zero-order chi connectivity index (χ0) is 17.1. The second kappa shape index (κ2) is 6.42. The van der Waals surface area contributed by atoms with Gasteiger partial charge in [0.25, 0.3) is 5.91 Å². The van der Waals surface area contributed by atoms with E-state index in [9.17, 15) is 14.7 Å². The molecule has 24 heavy (non-hydrogen) atoms. The van der Waals surface area contributed by atoms with Gasteiger partial charge in [-0.1, -0.05) is 36.4 Å². The molecule has 3 rings (SSSR count). The van der Waals surface area contributed by atoms with E-state index in [-0.39, 0.29) is 11.1 Å². The number of carbonyl (C=O) groups is 1. The van der Waals surface area contributed by atoms with E-state index in [1.165, 1.54) is 13.2 Å². The normalized spacial score (nSPS) is 10.4. The smallest absolute Gasteiger partial charge is 0.260 e. The monoisotopic (exact) mass is 320 g/mol. The Hall–Kier alpha value is -3.34.